The summed E-state index contributed by atoms with van der Waals surface area (Å²) in [6.07, 6.45) is -0.562. The van der Waals surface area contributed by atoms with E-state index in [2.05, 4.69) is 4.90 Å². The van der Waals surface area contributed by atoms with Crippen molar-refractivity contribution in [3.63, 3.8) is 0 Å². The number of morpholine rings is 1. The van der Waals surface area contributed by atoms with Crippen molar-refractivity contribution in [2.75, 3.05) is 39.5 Å². The van der Waals surface area contributed by atoms with Crippen LogP contribution in [0.5, 0.6) is 0 Å². The standard InChI is InChI=1S/C10H19NO4/c1-2-15-10(13)7-9(12)8-11-3-5-14-6-4-11/h9,12H,2-8H2,1H3. The number of β-amino-alcohol motifs (C(OH)–C–C–N with tert-alkyl or cyclic N) is 1. The molecule has 1 saturated heterocycles. The molecule has 1 rings (SSSR count). The van der Waals surface area contributed by atoms with E-state index >= 15 is 0 Å². The number of aliphatic hydroxyl groups is 1. The zero-order valence-electron chi connectivity index (χ0n) is 9.15. The minimum Gasteiger partial charge on any atom is -0.466 e. The second kappa shape index (κ2) is 6.76. The summed E-state index contributed by atoms with van der Waals surface area (Å²) in [6.45, 7) is 5.68. The molecule has 0 spiro atoms. The molecule has 1 fully saturated rings. The van der Waals surface area contributed by atoms with Crippen molar-refractivity contribution in [2.45, 2.75) is 19.4 Å². The Labute approximate surface area is 90.0 Å². The molecule has 0 amide bonds. The Morgan fingerprint density at radius 3 is 2.80 bits per heavy atom. The van der Waals surface area contributed by atoms with Crippen LogP contribution in [0.4, 0.5) is 0 Å². The topological polar surface area (TPSA) is 59.0 Å². The molecule has 1 heterocycles. The second-order valence-electron chi connectivity index (χ2n) is 3.58. The maximum absolute atomic E-state index is 11.1. The van der Waals surface area contributed by atoms with Crippen molar-refractivity contribution in [3.8, 4) is 0 Å². The largest absolute Gasteiger partial charge is 0.466 e. The van der Waals surface area contributed by atoms with Gasteiger partial charge in [-0.15, -0.1) is 0 Å². The van der Waals surface area contributed by atoms with E-state index in [1.165, 1.54) is 0 Å². The SMILES string of the molecule is CCOC(=O)CC(O)CN1CCOCC1. The summed E-state index contributed by atoms with van der Waals surface area (Å²) in [5.41, 5.74) is 0. The Morgan fingerprint density at radius 2 is 2.20 bits per heavy atom. The van der Waals surface area contributed by atoms with Crippen LogP contribution in [0.25, 0.3) is 0 Å². The summed E-state index contributed by atoms with van der Waals surface area (Å²) in [4.78, 5) is 13.2. The Balaban J connectivity index is 2.16. The predicted octanol–water partition coefficient (Wildman–Crippen LogP) is -0.367. The van der Waals surface area contributed by atoms with Gasteiger partial charge in [-0.1, -0.05) is 0 Å². The van der Waals surface area contributed by atoms with Gasteiger partial charge in [0.1, 0.15) is 0 Å². The number of nitrogens with zero attached hydrogens (tertiary/aromatic N) is 1. The monoisotopic (exact) mass is 217 g/mol. The van der Waals surface area contributed by atoms with Gasteiger partial charge in [0.15, 0.2) is 0 Å². The van der Waals surface area contributed by atoms with Gasteiger partial charge in [0, 0.05) is 19.6 Å². The Hall–Kier alpha value is -0.650. The van der Waals surface area contributed by atoms with Gasteiger partial charge in [0.25, 0.3) is 0 Å². The third kappa shape index (κ3) is 5.11. The summed E-state index contributed by atoms with van der Waals surface area (Å²) >= 11 is 0. The van der Waals surface area contributed by atoms with Gasteiger partial charge in [-0.05, 0) is 6.92 Å². The van der Waals surface area contributed by atoms with Gasteiger partial charge < -0.3 is 14.6 Å². The Morgan fingerprint density at radius 1 is 1.53 bits per heavy atom. The first-order chi connectivity index (χ1) is 7.22. The van der Waals surface area contributed by atoms with Crippen molar-refractivity contribution in [1.29, 1.82) is 0 Å². The van der Waals surface area contributed by atoms with Crippen molar-refractivity contribution >= 4 is 5.97 Å². The zero-order valence-corrected chi connectivity index (χ0v) is 9.15. The molecule has 0 aromatic heterocycles. The predicted molar refractivity (Wildman–Crippen MR) is 54.5 cm³/mol. The van der Waals surface area contributed by atoms with Gasteiger partial charge >= 0.3 is 5.97 Å². The molecule has 0 radical (unpaired) electrons. The number of aliphatic hydroxyl groups excluding tert-OH is 1. The summed E-state index contributed by atoms with van der Waals surface area (Å²) < 4.78 is 9.95. The van der Waals surface area contributed by atoms with Crippen LogP contribution in [-0.2, 0) is 14.3 Å². The van der Waals surface area contributed by atoms with Crippen LogP contribution in [0.15, 0.2) is 0 Å². The van der Waals surface area contributed by atoms with Crippen LogP contribution in [0, 0.1) is 0 Å². The third-order valence-corrected chi connectivity index (χ3v) is 2.28. The van der Waals surface area contributed by atoms with Crippen LogP contribution < -0.4 is 0 Å². The van der Waals surface area contributed by atoms with Gasteiger partial charge in [-0.3, -0.25) is 9.69 Å². The van der Waals surface area contributed by atoms with E-state index in [0.29, 0.717) is 26.4 Å². The van der Waals surface area contributed by atoms with Crippen molar-refractivity contribution in [2.24, 2.45) is 0 Å². The summed E-state index contributed by atoms with van der Waals surface area (Å²) in [6, 6.07) is 0. The molecule has 5 heteroatoms. The number of hydrogen-bond acceptors (Lipinski definition) is 5. The molecular weight excluding hydrogens is 198 g/mol. The van der Waals surface area contributed by atoms with E-state index in [9.17, 15) is 9.90 Å². The fraction of sp³-hybridized carbons (Fsp3) is 0.900. The van der Waals surface area contributed by atoms with E-state index in [1.807, 2.05) is 0 Å². The number of esters is 1. The van der Waals surface area contributed by atoms with E-state index in [1.54, 1.807) is 6.92 Å². The van der Waals surface area contributed by atoms with E-state index < -0.39 is 6.10 Å². The Bertz CT molecular complexity index is 192. The van der Waals surface area contributed by atoms with E-state index in [0.717, 1.165) is 13.1 Å². The van der Waals surface area contributed by atoms with Crippen molar-refractivity contribution < 1.29 is 19.4 Å². The van der Waals surface area contributed by atoms with E-state index in [4.69, 9.17) is 9.47 Å². The zero-order chi connectivity index (χ0) is 11.1. The average molecular weight is 217 g/mol. The number of carbonyl (C=O) groups is 1. The molecular formula is C10H19NO4. The van der Waals surface area contributed by atoms with Gasteiger partial charge in [-0.25, -0.2) is 0 Å². The highest BCUT2D eigenvalue weighted by Crippen LogP contribution is 2.02. The molecule has 1 aliphatic rings. The number of carbonyl (C=O) groups excluding carboxylic acids is 1. The fourth-order valence-corrected chi connectivity index (χ4v) is 1.56. The fourth-order valence-electron chi connectivity index (χ4n) is 1.56. The minimum atomic E-state index is -0.637. The smallest absolute Gasteiger partial charge is 0.308 e. The first-order valence-electron chi connectivity index (χ1n) is 5.36. The molecule has 0 bridgehead atoms. The highest BCUT2D eigenvalue weighted by atomic mass is 16.5. The maximum Gasteiger partial charge on any atom is 0.308 e. The number of rotatable bonds is 5. The Kier molecular flexibility index (Phi) is 5.60. The molecule has 0 aromatic carbocycles. The number of hydrogen-bond donors (Lipinski definition) is 1. The normalized spacial score (nSPS) is 19.9. The number of ether oxygens (including phenoxy) is 2. The van der Waals surface area contributed by atoms with Gasteiger partial charge in [-0.2, -0.15) is 0 Å². The average Bonchev–Trinajstić information content (AvgIpc) is 2.19. The molecule has 1 atom stereocenters. The lowest BCUT2D eigenvalue weighted by Gasteiger charge is -2.28. The molecule has 1 aliphatic heterocycles. The molecule has 88 valence electrons. The van der Waals surface area contributed by atoms with E-state index in [-0.39, 0.29) is 12.4 Å². The molecule has 0 saturated carbocycles. The molecule has 0 aromatic rings. The van der Waals surface area contributed by atoms with Crippen molar-refractivity contribution in [3.05, 3.63) is 0 Å². The van der Waals surface area contributed by atoms with Crippen LogP contribution in [-0.4, -0.2) is 61.5 Å². The summed E-state index contributed by atoms with van der Waals surface area (Å²) in [7, 11) is 0. The lowest BCUT2D eigenvalue weighted by Crippen LogP contribution is -2.41. The molecule has 1 N–H and O–H groups in total. The maximum atomic E-state index is 11.1. The molecule has 5 nitrogen and oxygen atoms in total. The quantitative estimate of drug-likeness (QED) is 0.637. The highest BCUT2D eigenvalue weighted by Gasteiger charge is 2.17. The molecule has 1 unspecified atom stereocenters. The molecule has 15 heavy (non-hydrogen) atoms. The lowest BCUT2D eigenvalue weighted by molar-refractivity contribution is -0.145. The van der Waals surface area contributed by atoms with Crippen molar-refractivity contribution in [1.82, 2.24) is 4.90 Å². The first kappa shape index (κ1) is 12.4. The first-order valence-corrected chi connectivity index (χ1v) is 5.36. The minimum absolute atomic E-state index is 0.0746. The molecule has 0 aliphatic carbocycles. The van der Waals surface area contributed by atoms with Crippen LogP contribution in [0.2, 0.25) is 0 Å². The van der Waals surface area contributed by atoms with Crippen LogP contribution in [0.3, 0.4) is 0 Å². The summed E-state index contributed by atoms with van der Waals surface area (Å²) in [5.74, 6) is -0.335. The van der Waals surface area contributed by atoms with Crippen LogP contribution in [0.1, 0.15) is 13.3 Å². The van der Waals surface area contributed by atoms with Gasteiger partial charge in [0.2, 0.25) is 0 Å². The lowest BCUT2D eigenvalue weighted by atomic mass is 10.2. The van der Waals surface area contributed by atoms with Gasteiger partial charge in [0.05, 0.1) is 32.3 Å². The third-order valence-electron chi connectivity index (χ3n) is 2.28. The highest BCUT2D eigenvalue weighted by molar-refractivity contribution is 5.69. The van der Waals surface area contributed by atoms with Crippen LogP contribution >= 0.6 is 0 Å². The second-order valence-corrected chi connectivity index (χ2v) is 3.58. The summed E-state index contributed by atoms with van der Waals surface area (Å²) in [5, 5.41) is 9.62.